The summed E-state index contributed by atoms with van der Waals surface area (Å²) in [6.07, 6.45) is 0. The van der Waals surface area contributed by atoms with Gasteiger partial charge in [0.05, 0.1) is 15.6 Å². The molecule has 0 saturated heterocycles. The second kappa shape index (κ2) is 8.61. The summed E-state index contributed by atoms with van der Waals surface area (Å²) in [5.74, 6) is -3.30. The van der Waals surface area contributed by atoms with E-state index in [0.29, 0.717) is 11.8 Å². The number of hydrogen-bond acceptors (Lipinski definition) is 4. The van der Waals surface area contributed by atoms with Crippen molar-refractivity contribution in [2.24, 2.45) is 0 Å². The molecule has 3 aromatic rings. The van der Waals surface area contributed by atoms with Crippen LogP contribution in [0.5, 0.6) is 0 Å². The van der Waals surface area contributed by atoms with Crippen LogP contribution in [0.25, 0.3) is 5.69 Å². The maximum atomic E-state index is 14.0. The van der Waals surface area contributed by atoms with Gasteiger partial charge in [-0.1, -0.05) is 18.2 Å². The van der Waals surface area contributed by atoms with E-state index in [1.807, 2.05) is 39.7 Å². The van der Waals surface area contributed by atoms with Crippen LogP contribution < -0.4 is 10.3 Å². The van der Waals surface area contributed by atoms with Crippen molar-refractivity contribution < 1.29 is 27.5 Å². The Balaban J connectivity index is 1.87. The average Bonchev–Trinajstić information content (AvgIpc) is 3.02. The lowest BCUT2D eigenvalue weighted by atomic mass is 10.2. The summed E-state index contributed by atoms with van der Waals surface area (Å²) < 4.78 is 40.5. The van der Waals surface area contributed by atoms with E-state index >= 15 is 0 Å². The van der Waals surface area contributed by atoms with Gasteiger partial charge >= 0.3 is 5.97 Å². The Kier molecular flexibility index (Phi) is 6.30. The minimum Gasteiger partial charge on any atom is -0.478 e. The van der Waals surface area contributed by atoms with Crippen molar-refractivity contribution in [3.05, 3.63) is 81.3 Å². The van der Waals surface area contributed by atoms with Gasteiger partial charge in [-0.25, -0.2) is 17.6 Å². The van der Waals surface area contributed by atoms with Gasteiger partial charge in [-0.3, -0.25) is 10.2 Å². The number of aromatic carboxylic acids is 1. The van der Waals surface area contributed by atoms with E-state index in [9.17, 15) is 22.4 Å². The van der Waals surface area contributed by atoms with Crippen molar-refractivity contribution in [3.63, 3.8) is 0 Å². The van der Waals surface area contributed by atoms with E-state index in [-0.39, 0.29) is 5.56 Å². The molecule has 1 aromatic heterocycles. The molecule has 1 amide bonds. The number of aromatic nitrogens is 1. The molecule has 8 nitrogen and oxygen atoms in total. The quantitative estimate of drug-likeness (QED) is 0.440. The maximum absolute atomic E-state index is 14.0. The number of carbonyl (C=O) groups excluding carboxylic acids is 1. The Morgan fingerprint density at radius 2 is 1.74 bits per heavy atom. The SMILES string of the molecule is Cc1cc(C(=O)NNS(=O)(=O)c2cc(C(=O)O)cc(F)c2Br)c(C)n1-c1ccccc1. The molecule has 3 rings (SSSR count). The molecule has 0 unspecified atom stereocenters. The molecule has 162 valence electrons. The van der Waals surface area contributed by atoms with E-state index in [4.69, 9.17) is 5.11 Å². The number of nitrogens with one attached hydrogen (secondary N) is 2. The van der Waals surface area contributed by atoms with Gasteiger partial charge in [0.25, 0.3) is 15.9 Å². The Hall–Kier alpha value is -3.02. The van der Waals surface area contributed by atoms with Crippen molar-refractivity contribution in [2.75, 3.05) is 0 Å². The third-order valence-electron chi connectivity index (χ3n) is 4.52. The van der Waals surface area contributed by atoms with Gasteiger partial charge in [0, 0.05) is 17.1 Å². The standard InChI is InChI=1S/C20H17BrFN3O5S/c1-11-8-15(12(2)25(11)14-6-4-3-5-7-14)19(26)23-24-31(29,30)17-10-13(20(27)28)9-16(22)18(17)21/h3-10,24H,1-2H3,(H,23,26)(H,27,28). The monoisotopic (exact) mass is 509 g/mol. The van der Waals surface area contributed by atoms with Gasteiger partial charge in [-0.15, -0.1) is 4.83 Å². The Morgan fingerprint density at radius 1 is 1.10 bits per heavy atom. The molecule has 1 heterocycles. The first-order chi connectivity index (χ1) is 14.5. The van der Waals surface area contributed by atoms with E-state index in [1.165, 1.54) is 0 Å². The number of sulfonamides is 1. The first-order valence-corrected chi connectivity index (χ1v) is 11.1. The third-order valence-corrected chi connectivity index (χ3v) is 6.86. The fourth-order valence-electron chi connectivity index (χ4n) is 3.09. The molecular weight excluding hydrogens is 493 g/mol. The Bertz CT molecular complexity index is 1290. The van der Waals surface area contributed by atoms with Gasteiger partial charge in [-0.05, 0) is 60.1 Å². The van der Waals surface area contributed by atoms with Gasteiger partial charge in [-0.2, -0.15) is 0 Å². The summed E-state index contributed by atoms with van der Waals surface area (Å²) in [6.45, 7) is 3.52. The zero-order chi connectivity index (χ0) is 22.9. The molecule has 0 saturated carbocycles. The Labute approximate surface area is 185 Å². The van der Waals surface area contributed by atoms with Crippen molar-refractivity contribution in [1.82, 2.24) is 14.8 Å². The van der Waals surface area contributed by atoms with Gasteiger partial charge in [0.15, 0.2) is 0 Å². The maximum Gasteiger partial charge on any atom is 0.335 e. The number of para-hydroxylation sites is 1. The molecule has 0 fully saturated rings. The lowest BCUT2D eigenvalue weighted by molar-refractivity contribution is 0.0695. The van der Waals surface area contributed by atoms with Crippen LogP contribution in [-0.4, -0.2) is 30.0 Å². The molecule has 0 spiro atoms. The predicted molar refractivity (Wildman–Crippen MR) is 114 cm³/mol. The van der Waals surface area contributed by atoms with Crippen LogP contribution in [0.4, 0.5) is 4.39 Å². The van der Waals surface area contributed by atoms with Crippen molar-refractivity contribution in [2.45, 2.75) is 18.7 Å². The van der Waals surface area contributed by atoms with Crippen LogP contribution >= 0.6 is 15.9 Å². The van der Waals surface area contributed by atoms with Gasteiger partial charge < -0.3 is 9.67 Å². The van der Waals surface area contributed by atoms with Crippen LogP contribution in [0.1, 0.15) is 32.1 Å². The van der Waals surface area contributed by atoms with E-state index < -0.39 is 42.6 Å². The number of carbonyl (C=O) groups is 2. The summed E-state index contributed by atoms with van der Waals surface area (Å²) in [6, 6.07) is 12.4. The highest BCUT2D eigenvalue weighted by Crippen LogP contribution is 2.27. The second-order valence-corrected chi connectivity index (χ2v) is 9.03. The van der Waals surface area contributed by atoms with E-state index in [2.05, 4.69) is 21.4 Å². The summed E-state index contributed by atoms with van der Waals surface area (Å²) in [7, 11) is -4.48. The molecule has 0 atom stereocenters. The summed E-state index contributed by atoms with van der Waals surface area (Å²) in [5.41, 5.74) is 3.94. The Morgan fingerprint density at radius 3 is 2.35 bits per heavy atom. The zero-order valence-corrected chi connectivity index (χ0v) is 18.7. The first-order valence-electron chi connectivity index (χ1n) is 8.81. The van der Waals surface area contributed by atoms with E-state index in [0.717, 1.165) is 17.4 Å². The highest BCUT2D eigenvalue weighted by Gasteiger charge is 2.25. The van der Waals surface area contributed by atoms with Crippen LogP contribution in [-0.2, 0) is 10.0 Å². The van der Waals surface area contributed by atoms with Crippen molar-refractivity contribution in [3.8, 4) is 5.69 Å². The number of nitrogens with zero attached hydrogens (tertiary/aromatic N) is 1. The van der Waals surface area contributed by atoms with Crippen LogP contribution in [0.2, 0.25) is 0 Å². The second-order valence-electron chi connectivity index (χ2n) is 6.59. The molecule has 31 heavy (non-hydrogen) atoms. The molecule has 3 N–H and O–H groups in total. The fraction of sp³-hybridized carbons (Fsp3) is 0.100. The number of benzene rings is 2. The van der Waals surface area contributed by atoms with Gasteiger partial charge in [0.1, 0.15) is 10.7 Å². The van der Waals surface area contributed by atoms with Gasteiger partial charge in [0.2, 0.25) is 0 Å². The van der Waals surface area contributed by atoms with Crippen molar-refractivity contribution in [1.29, 1.82) is 0 Å². The average molecular weight is 510 g/mol. The molecule has 0 aliphatic carbocycles. The lowest BCUT2D eigenvalue weighted by Crippen LogP contribution is -2.41. The number of aryl methyl sites for hydroxylation is 1. The molecule has 0 aliphatic heterocycles. The third kappa shape index (κ3) is 4.53. The summed E-state index contributed by atoms with van der Waals surface area (Å²) in [4.78, 5) is 25.0. The van der Waals surface area contributed by atoms with Crippen LogP contribution in [0, 0.1) is 19.7 Å². The highest BCUT2D eigenvalue weighted by atomic mass is 79.9. The topological polar surface area (TPSA) is 118 Å². The number of rotatable bonds is 6. The lowest BCUT2D eigenvalue weighted by Gasteiger charge is -2.12. The smallest absolute Gasteiger partial charge is 0.335 e. The molecular formula is C20H17BrFN3O5S. The zero-order valence-electron chi connectivity index (χ0n) is 16.3. The molecule has 2 aromatic carbocycles. The number of halogens is 2. The number of carboxylic acid groups (broad SMARTS) is 1. The normalized spacial score (nSPS) is 11.4. The fourth-order valence-corrected chi connectivity index (χ4v) is 4.91. The number of hydrogen-bond donors (Lipinski definition) is 3. The summed E-state index contributed by atoms with van der Waals surface area (Å²) >= 11 is 2.80. The molecule has 0 aliphatic rings. The predicted octanol–water partition coefficient (Wildman–Crippen LogP) is 3.32. The number of carboxylic acids is 1. The van der Waals surface area contributed by atoms with Crippen LogP contribution in [0.3, 0.4) is 0 Å². The summed E-state index contributed by atoms with van der Waals surface area (Å²) in [5, 5.41) is 9.04. The molecule has 0 radical (unpaired) electrons. The van der Waals surface area contributed by atoms with Crippen molar-refractivity contribution >= 4 is 37.8 Å². The minimum atomic E-state index is -4.48. The largest absolute Gasteiger partial charge is 0.478 e. The number of amides is 1. The molecule has 11 heteroatoms. The van der Waals surface area contributed by atoms with Crippen LogP contribution in [0.15, 0.2) is 57.9 Å². The highest BCUT2D eigenvalue weighted by molar-refractivity contribution is 9.10. The first kappa shape index (κ1) is 22.7. The minimum absolute atomic E-state index is 0.230. The molecule has 0 bridgehead atoms. The number of hydrazine groups is 1. The van der Waals surface area contributed by atoms with E-state index in [1.54, 1.807) is 19.9 Å².